The minimum absolute atomic E-state index is 0.0734. The van der Waals surface area contributed by atoms with Gasteiger partial charge in [-0.05, 0) is 18.2 Å². The Morgan fingerprint density at radius 3 is 3.06 bits per heavy atom. The predicted octanol–water partition coefficient (Wildman–Crippen LogP) is 1.81. The summed E-state index contributed by atoms with van der Waals surface area (Å²) in [5, 5.41) is 14.9. The first-order chi connectivity index (χ1) is 8.20. The summed E-state index contributed by atoms with van der Waals surface area (Å²) in [5.74, 6) is 1.50. The van der Waals surface area contributed by atoms with Crippen molar-refractivity contribution in [1.82, 2.24) is 5.32 Å². The van der Waals surface area contributed by atoms with Gasteiger partial charge in [0.1, 0.15) is 6.07 Å². The van der Waals surface area contributed by atoms with E-state index in [0.29, 0.717) is 16.3 Å². The molecule has 0 bridgehead atoms. The normalized spacial score (nSPS) is 18.7. The number of nitrogens with one attached hydrogen (secondary N) is 2. The van der Waals surface area contributed by atoms with E-state index in [-0.39, 0.29) is 11.9 Å². The molecule has 1 fully saturated rings. The SMILES string of the molecule is N#Cc1ccc(NC(=O)C2CSCN2)cc1Cl. The van der Waals surface area contributed by atoms with Gasteiger partial charge >= 0.3 is 0 Å². The lowest BCUT2D eigenvalue weighted by Crippen LogP contribution is -2.37. The minimum Gasteiger partial charge on any atom is -0.325 e. The molecule has 88 valence electrons. The Bertz CT molecular complexity index is 480. The number of nitriles is 1. The van der Waals surface area contributed by atoms with Crippen molar-refractivity contribution in [2.75, 3.05) is 16.9 Å². The molecule has 0 aromatic heterocycles. The molecule has 0 spiro atoms. The van der Waals surface area contributed by atoms with Crippen LogP contribution in [0, 0.1) is 11.3 Å². The van der Waals surface area contributed by atoms with Crippen LogP contribution in [0.15, 0.2) is 18.2 Å². The van der Waals surface area contributed by atoms with Crippen molar-refractivity contribution in [3.05, 3.63) is 28.8 Å². The molecule has 2 rings (SSSR count). The predicted molar refractivity (Wildman–Crippen MR) is 69.0 cm³/mol. The number of benzene rings is 1. The molecule has 1 aromatic rings. The van der Waals surface area contributed by atoms with E-state index < -0.39 is 0 Å². The lowest BCUT2D eigenvalue weighted by Gasteiger charge is -2.10. The number of amides is 1. The van der Waals surface area contributed by atoms with Gasteiger partial charge in [0.05, 0.1) is 16.6 Å². The van der Waals surface area contributed by atoms with Crippen molar-refractivity contribution in [2.24, 2.45) is 0 Å². The maximum absolute atomic E-state index is 11.8. The highest BCUT2D eigenvalue weighted by Crippen LogP contribution is 2.20. The van der Waals surface area contributed by atoms with Gasteiger partial charge in [-0.25, -0.2) is 0 Å². The Morgan fingerprint density at radius 2 is 2.47 bits per heavy atom. The highest BCUT2D eigenvalue weighted by atomic mass is 35.5. The first-order valence-electron chi connectivity index (χ1n) is 5.02. The summed E-state index contributed by atoms with van der Waals surface area (Å²) >= 11 is 7.57. The van der Waals surface area contributed by atoms with Gasteiger partial charge in [-0.2, -0.15) is 5.26 Å². The first-order valence-corrected chi connectivity index (χ1v) is 6.55. The van der Waals surface area contributed by atoms with Crippen LogP contribution in [0.3, 0.4) is 0 Å². The standard InChI is InChI=1S/C11H10ClN3OS/c12-9-3-8(2-1-7(9)4-13)15-11(16)10-5-17-6-14-10/h1-3,10,14H,5-6H2,(H,15,16). The molecule has 1 atom stereocenters. The number of rotatable bonds is 2. The molecule has 1 unspecified atom stereocenters. The third-order valence-corrected chi connectivity index (χ3v) is 3.64. The number of nitrogens with zero attached hydrogens (tertiary/aromatic N) is 1. The fraction of sp³-hybridized carbons (Fsp3) is 0.273. The van der Waals surface area contributed by atoms with Gasteiger partial charge in [0, 0.05) is 17.3 Å². The molecular weight excluding hydrogens is 258 g/mol. The molecule has 1 aliphatic rings. The zero-order valence-electron chi connectivity index (χ0n) is 8.87. The molecule has 17 heavy (non-hydrogen) atoms. The van der Waals surface area contributed by atoms with Crippen molar-refractivity contribution in [1.29, 1.82) is 5.26 Å². The van der Waals surface area contributed by atoms with Gasteiger partial charge in [-0.1, -0.05) is 11.6 Å². The number of halogens is 1. The lowest BCUT2D eigenvalue weighted by molar-refractivity contribution is -0.117. The molecule has 6 heteroatoms. The number of thioether (sulfide) groups is 1. The second-order valence-corrected chi connectivity index (χ2v) is 5.00. The second-order valence-electron chi connectivity index (χ2n) is 3.57. The maximum Gasteiger partial charge on any atom is 0.242 e. The number of hydrogen-bond donors (Lipinski definition) is 2. The largest absolute Gasteiger partial charge is 0.325 e. The van der Waals surface area contributed by atoms with Crippen molar-refractivity contribution >= 4 is 35.0 Å². The van der Waals surface area contributed by atoms with Gasteiger partial charge in [-0.3, -0.25) is 10.1 Å². The van der Waals surface area contributed by atoms with Crippen LogP contribution in [0.25, 0.3) is 0 Å². The molecule has 1 heterocycles. The van der Waals surface area contributed by atoms with Crippen LogP contribution in [0.1, 0.15) is 5.56 Å². The van der Waals surface area contributed by atoms with Crippen LogP contribution in [0.2, 0.25) is 5.02 Å². The van der Waals surface area contributed by atoms with Crippen molar-refractivity contribution in [2.45, 2.75) is 6.04 Å². The Kier molecular flexibility index (Phi) is 3.89. The van der Waals surface area contributed by atoms with E-state index in [1.54, 1.807) is 30.0 Å². The molecule has 1 aliphatic heterocycles. The number of hydrogen-bond acceptors (Lipinski definition) is 4. The highest BCUT2D eigenvalue weighted by Gasteiger charge is 2.22. The Balaban J connectivity index is 2.06. The van der Waals surface area contributed by atoms with Crippen LogP contribution in [-0.2, 0) is 4.79 Å². The van der Waals surface area contributed by atoms with E-state index in [1.165, 1.54) is 0 Å². The smallest absolute Gasteiger partial charge is 0.242 e. The number of carbonyl (C=O) groups excluding carboxylic acids is 1. The summed E-state index contributed by atoms with van der Waals surface area (Å²) in [6.07, 6.45) is 0. The van der Waals surface area contributed by atoms with E-state index in [2.05, 4.69) is 10.6 Å². The summed E-state index contributed by atoms with van der Waals surface area (Å²) < 4.78 is 0. The molecule has 1 amide bonds. The second kappa shape index (κ2) is 5.41. The molecular formula is C11H10ClN3OS. The van der Waals surface area contributed by atoms with Gasteiger partial charge in [0.25, 0.3) is 0 Å². The van der Waals surface area contributed by atoms with Gasteiger partial charge in [0.15, 0.2) is 0 Å². The molecule has 4 nitrogen and oxygen atoms in total. The van der Waals surface area contributed by atoms with Gasteiger partial charge in [0.2, 0.25) is 5.91 Å². The van der Waals surface area contributed by atoms with Crippen molar-refractivity contribution in [3.8, 4) is 6.07 Å². The maximum atomic E-state index is 11.8. The van der Waals surface area contributed by atoms with E-state index >= 15 is 0 Å². The highest BCUT2D eigenvalue weighted by molar-refractivity contribution is 7.99. The summed E-state index contributed by atoms with van der Waals surface area (Å²) in [6.45, 7) is 0. The Hall–Kier alpha value is -1.22. The Morgan fingerprint density at radius 1 is 1.65 bits per heavy atom. The summed E-state index contributed by atoms with van der Waals surface area (Å²) in [7, 11) is 0. The molecule has 2 N–H and O–H groups in total. The third-order valence-electron chi connectivity index (χ3n) is 2.39. The average Bonchev–Trinajstić information content (AvgIpc) is 2.82. The fourth-order valence-electron chi connectivity index (χ4n) is 1.48. The number of anilines is 1. The molecule has 0 saturated carbocycles. The van der Waals surface area contributed by atoms with Crippen LogP contribution in [-0.4, -0.2) is 23.6 Å². The molecule has 0 aliphatic carbocycles. The molecule has 0 radical (unpaired) electrons. The zero-order valence-corrected chi connectivity index (χ0v) is 10.4. The lowest BCUT2D eigenvalue weighted by atomic mass is 10.2. The van der Waals surface area contributed by atoms with Crippen molar-refractivity contribution in [3.63, 3.8) is 0 Å². The fourth-order valence-corrected chi connectivity index (χ4v) is 2.64. The van der Waals surface area contributed by atoms with Crippen LogP contribution < -0.4 is 10.6 Å². The van der Waals surface area contributed by atoms with Gasteiger partial charge < -0.3 is 5.32 Å². The summed E-state index contributed by atoms with van der Waals surface area (Å²) in [4.78, 5) is 11.8. The van der Waals surface area contributed by atoms with Gasteiger partial charge in [-0.15, -0.1) is 11.8 Å². The van der Waals surface area contributed by atoms with Crippen LogP contribution in [0.4, 0.5) is 5.69 Å². The average molecular weight is 268 g/mol. The van der Waals surface area contributed by atoms with Crippen LogP contribution >= 0.6 is 23.4 Å². The van der Waals surface area contributed by atoms with Crippen molar-refractivity contribution < 1.29 is 4.79 Å². The van der Waals surface area contributed by atoms with E-state index in [9.17, 15) is 4.79 Å². The van der Waals surface area contributed by atoms with Crippen LogP contribution in [0.5, 0.6) is 0 Å². The summed E-state index contributed by atoms with van der Waals surface area (Å²) in [6, 6.07) is 6.66. The topological polar surface area (TPSA) is 64.9 Å². The summed E-state index contributed by atoms with van der Waals surface area (Å²) in [5.41, 5.74) is 1.01. The molecule has 1 aromatic carbocycles. The number of carbonyl (C=O) groups is 1. The monoisotopic (exact) mass is 267 g/mol. The van der Waals surface area contributed by atoms with E-state index in [1.807, 2.05) is 6.07 Å². The van der Waals surface area contributed by atoms with E-state index in [0.717, 1.165) is 11.6 Å². The minimum atomic E-state index is -0.158. The quantitative estimate of drug-likeness (QED) is 0.858. The molecule has 1 saturated heterocycles. The Labute approximate surface area is 108 Å². The first kappa shape index (κ1) is 12.2. The van der Waals surface area contributed by atoms with E-state index in [4.69, 9.17) is 16.9 Å². The zero-order chi connectivity index (χ0) is 12.3. The third kappa shape index (κ3) is 2.91.